The van der Waals surface area contributed by atoms with Gasteiger partial charge in [0.15, 0.2) is 0 Å². The van der Waals surface area contributed by atoms with Crippen molar-refractivity contribution in [2.24, 2.45) is 0 Å². The number of carbonyl (C=O) groups excluding carboxylic acids is 1. The normalized spacial score (nSPS) is 10.3. The number of rotatable bonds is 2. The van der Waals surface area contributed by atoms with Gasteiger partial charge in [-0.2, -0.15) is 0 Å². The molecule has 1 N–H and O–H groups in total. The summed E-state index contributed by atoms with van der Waals surface area (Å²) in [5.74, 6) is -0.432. The molecule has 0 heterocycles. The summed E-state index contributed by atoms with van der Waals surface area (Å²) in [4.78, 5) is 27.9. The highest BCUT2D eigenvalue weighted by Gasteiger charge is 2.31. The first kappa shape index (κ1) is 16.5. The fourth-order valence-electron chi connectivity index (χ4n) is 1.62. The van der Waals surface area contributed by atoms with Gasteiger partial charge in [-0.3, -0.25) is 20.2 Å². The van der Waals surface area contributed by atoms with Crippen LogP contribution in [-0.4, -0.2) is 21.7 Å². The van der Waals surface area contributed by atoms with E-state index in [1.807, 2.05) is 6.79 Å². The molecule has 0 bridgehead atoms. The Hall–Kier alpha value is -2.51. The molecule has 1 aromatic rings. The highest BCUT2D eigenvalue weighted by atomic mass is 16.6. The predicted octanol–water partition coefficient (Wildman–Crippen LogP) is 2.32. The third kappa shape index (κ3) is 3.73. The van der Waals surface area contributed by atoms with Crippen molar-refractivity contribution in [3.8, 4) is 5.75 Å². The Balaban J connectivity index is 0.00000154. The number of hydrogen-bond donors (Lipinski definition) is 1. The van der Waals surface area contributed by atoms with E-state index in [0.717, 1.165) is 12.1 Å². The van der Waals surface area contributed by atoms with Gasteiger partial charge >= 0.3 is 0 Å². The number of benzene rings is 1. The first-order valence-electron chi connectivity index (χ1n) is 5.09. The van der Waals surface area contributed by atoms with Gasteiger partial charge in [-0.15, -0.1) is 0 Å². The average molecular weight is 270 g/mol. The van der Waals surface area contributed by atoms with Gasteiger partial charge in [-0.05, 0) is 5.41 Å². The SMILES string of the molecule is C=O.CC(C)(C)c1c(O)cc([N+](=O)[O-])cc1[N+](=O)[O-]. The zero-order valence-corrected chi connectivity index (χ0v) is 10.7. The van der Waals surface area contributed by atoms with Crippen LogP contribution >= 0.6 is 0 Å². The molecule has 0 aliphatic heterocycles. The molecule has 0 aromatic heterocycles. The van der Waals surface area contributed by atoms with E-state index in [9.17, 15) is 25.3 Å². The second-order valence-electron chi connectivity index (χ2n) is 4.62. The molecule has 8 heteroatoms. The Kier molecular flexibility index (Phi) is 5.12. The molecule has 0 atom stereocenters. The van der Waals surface area contributed by atoms with Crippen LogP contribution in [0.25, 0.3) is 0 Å². The maximum absolute atomic E-state index is 10.9. The molecular formula is C11H14N2O6. The smallest absolute Gasteiger partial charge is 0.283 e. The lowest BCUT2D eigenvalue weighted by Gasteiger charge is -2.19. The quantitative estimate of drug-likeness (QED) is 0.649. The fourth-order valence-corrected chi connectivity index (χ4v) is 1.62. The summed E-state index contributed by atoms with van der Waals surface area (Å²) in [7, 11) is 0. The molecule has 0 fully saturated rings. The highest BCUT2D eigenvalue weighted by Crippen LogP contribution is 2.40. The second kappa shape index (κ2) is 5.89. The van der Waals surface area contributed by atoms with E-state index < -0.39 is 32.4 Å². The minimum absolute atomic E-state index is 0.0908. The summed E-state index contributed by atoms with van der Waals surface area (Å²) in [5.41, 5.74) is -1.53. The molecule has 1 aromatic carbocycles. The van der Waals surface area contributed by atoms with Crippen molar-refractivity contribution in [1.29, 1.82) is 0 Å². The number of aromatic hydroxyl groups is 1. The van der Waals surface area contributed by atoms with E-state index in [2.05, 4.69) is 0 Å². The van der Waals surface area contributed by atoms with E-state index in [1.54, 1.807) is 20.8 Å². The molecule has 0 spiro atoms. The Labute approximate surface area is 109 Å². The minimum atomic E-state index is -0.779. The van der Waals surface area contributed by atoms with Crippen molar-refractivity contribution in [3.05, 3.63) is 37.9 Å². The van der Waals surface area contributed by atoms with E-state index in [4.69, 9.17) is 4.79 Å². The third-order valence-electron chi connectivity index (χ3n) is 2.24. The van der Waals surface area contributed by atoms with Crippen LogP contribution < -0.4 is 0 Å². The number of phenols is 1. The second-order valence-corrected chi connectivity index (χ2v) is 4.62. The summed E-state index contributed by atoms with van der Waals surface area (Å²) in [6, 6.07) is 1.79. The molecule has 8 nitrogen and oxygen atoms in total. The summed E-state index contributed by atoms with van der Waals surface area (Å²) in [6.07, 6.45) is 0. The molecule has 1 rings (SSSR count). The lowest BCUT2D eigenvalue weighted by molar-refractivity contribution is -0.394. The molecule has 19 heavy (non-hydrogen) atoms. The molecule has 104 valence electrons. The molecule has 0 saturated heterocycles. The highest BCUT2D eigenvalue weighted by molar-refractivity contribution is 5.59. The van der Waals surface area contributed by atoms with Gasteiger partial charge in [0.05, 0.1) is 27.5 Å². The maximum Gasteiger partial charge on any atom is 0.283 e. The first-order chi connectivity index (χ1) is 8.64. The Bertz CT molecular complexity index is 507. The maximum atomic E-state index is 10.9. The van der Waals surface area contributed by atoms with E-state index in [-0.39, 0.29) is 5.56 Å². The van der Waals surface area contributed by atoms with Crippen molar-refractivity contribution < 1.29 is 19.7 Å². The van der Waals surface area contributed by atoms with Gasteiger partial charge in [-0.25, -0.2) is 0 Å². The molecule has 0 amide bonds. The van der Waals surface area contributed by atoms with Crippen LogP contribution in [0.1, 0.15) is 26.3 Å². The first-order valence-corrected chi connectivity index (χ1v) is 5.09. The number of carbonyl (C=O) groups is 1. The number of hydrogen-bond acceptors (Lipinski definition) is 6. The van der Waals surface area contributed by atoms with Crippen molar-refractivity contribution in [2.75, 3.05) is 0 Å². The van der Waals surface area contributed by atoms with Crippen LogP contribution in [0.4, 0.5) is 11.4 Å². The van der Waals surface area contributed by atoms with Gasteiger partial charge < -0.3 is 9.90 Å². The van der Waals surface area contributed by atoms with Crippen LogP contribution in [0.15, 0.2) is 12.1 Å². The molecule has 0 saturated carbocycles. The fraction of sp³-hybridized carbons (Fsp3) is 0.364. The van der Waals surface area contributed by atoms with Crippen LogP contribution in [0.5, 0.6) is 5.75 Å². The molecule has 0 aliphatic carbocycles. The molecular weight excluding hydrogens is 256 g/mol. The van der Waals surface area contributed by atoms with E-state index in [1.165, 1.54) is 0 Å². The number of non-ortho nitro benzene ring substituents is 1. The molecule has 0 radical (unpaired) electrons. The number of phenolic OH excluding ortho intramolecular Hbond substituents is 1. The lowest BCUT2D eigenvalue weighted by atomic mass is 9.85. The van der Waals surface area contributed by atoms with E-state index in [0.29, 0.717) is 0 Å². The molecule has 0 aliphatic rings. The van der Waals surface area contributed by atoms with Crippen LogP contribution in [-0.2, 0) is 10.2 Å². The Morgan fingerprint density at radius 1 is 1.11 bits per heavy atom. The van der Waals surface area contributed by atoms with Gasteiger partial charge in [0.25, 0.3) is 11.4 Å². The van der Waals surface area contributed by atoms with Crippen molar-refractivity contribution in [2.45, 2.75) is 26.2 Å². The topological polar surface area (TPSA) is 124 Å². The van der Waals surface area contributed by atoms with Gasteiger partial charge in [0.2, 0.25) is 0 Å². The average Bonchev–Trinajstić information content (AvgIpc) is 2.28. The Morgan fingerprint density at radius 3 is 1.89 bits per heavy atom. The summed E-state index contributed by atoms with van der Waals surface area (Å²) < 4.78 is 0. The third-order valence-corrected chi connectivity index (χ3v) is 2.24. The number of nitro benzene ring substituents is 2. The summed E-state index contributed by atoms with van der Waals surface area (Å²) >= 11 is 0. The summed E-state index contributed by atoms with van der Waals surface area (Å²) in [6.45, 7) is 7.04. The van der Waals surface area contributed by atoms with Gasteiger partial charge in [0.1, 0.15) is 12.5 Å². The van der Waals surface area contributed by atoms with Gasteiger partial charge in [-0.1, -0.05) is 20.8 Å². The minimum Gasteiger partial charge on any atom is -0.507 e. The lowest BCUT2D eigenvalue weighted by Crippen LogP contribution is -2.14. The van der Waals surface area contributed by atoms with Crippen molar-refractivity contribution >= 4 is 18.2 Å². The van der Waals surface area contributed by atoms with Crippen molar-refractivity contribution in [1.82, 2.24) is 0 Å². The zero-order valence-electron chi connectivity index (χ0n) is 10.7. The van der Waals surface area contributed by atoms with Crippen LogP contribution in [0.2, 0.25) is 0 Å². The molecule has 0 unspecified atom stereocenters. The standard InChI is InChI=1S/C10H12N2O5.CH2O/c1-10(2,3)9-7(12(16)17)4-6(11(14)15)5-8(9)13;1-2/h4-5,13H,1-3H3;1H2. The van der Waals surface area contributed by atoms with Crippen molar-refractivity contribution in [3.63, 3.8) is 0 Å². The van der Waals surface area contributed by atoms with Gasteiger partial charge in [0, 0.05) is 0 Å². The monoisotopic (exact) mass is 270 g/mol. The van der Waals surface area contributed by atoms with Crippen LogP contribution in [0.3, 0.4) is 0 Å². The Morgan fingerprint density at radius 2 is 1.58 bits per heavy atom. The number of nitro groups is 2. The zero-order chi connectivity index (χ0) is 15.4. The van der Waals surface area contributed by atoms with Crippen LogP contribution in [0, 0.1) is 20.2 Å². The predicted molar refractivity (Wildman–Crippen MR) is 67.2 cm³/mol. The van der Waals surface area contributed by atoms with E-state index >= 15 is 0 Å². The number of nitrogens with zero attached hydrogens (tertiary/aromatic N) is 2. The largest absolute Gasteiger partial charge is 0.507 e. The summed E-state index contributed by atoms with van der Waals surface area (Å²) in [5, 5.41) is 31.1.